The van der Waals surface area contributed by atoms with Crippen LogP contribution in [0, 0.1) is 11.8 Å². The molecule has 0 aliphatic heterocycles. The molecule has 11 heteroatoms. The summed E-state index contributed by atoms with van der Waals surface area (Å²) in [6, 6.07) is 1.67. The summed E-state index contributed by atoms with van der Waals surface area (Å²) in [6.45, 7) is 5.18. The summed E-state index contributed by atoms with van der Waals surface area (Å²) in [5.74, 6) is -7.77. The Morgan fingerprint density at radius 2 is 1.79 bits per heavy atom. The van der Waals surface area contributed by atoms with Gasteiger partial charge in [-0.3, -0.25) is 19.3 Å². The monoisotopic (exact) mass is 540 g/mol. The highest BCUT2D eigenvalue weighted by Gasteiger charge is 2.64. The highest BCUT2D eigenvalue weighted by molar-refractivity contribution is 6.24. The Labute approximate surface area is 224 Å². The Bertz CT molecular complexity index is 1400. The molecule has 39 heavy (non-hydrogen) atoms. The van der Waals surface area contributed by atoms with Crippen molar-refractivity contribution in [3.63, 3.8) is 0 Å². The molecule has 0 saturated heterocycles. The van der Waals surface area contributed by atoms with E-state index in [-0.39, 0.29) is 29.7 Å². The lowest BCUT2D eigenvalue weighted by Gasteiger charge is -2.50. The largest absolute Gasteiger partial charge is 0.508 e. The van der Waals surface area contributed by atoms with Gasteiger partial charge >= 0.3 is 5.97 Å². The predicted molar refractivity (Wildman–Crippen MR) is 139 cm³/mol. The summed E-state index contributed by atoms with van der Waals surface area (Å²) in [4.78, 5) is 52.7. The molecule has 1 amide bonds. The summed E-state index contributed by atoms with van der Waals surface area (Å²) in [6.07, 6.45) is 2.77. The van der Waals surface area contributed by atoms with Crippen molar-refractivity contribution in [1.29, 1.82) is 0 Å². The van der Waals surface area contributed by atoms with Crippen LogP contribution in [-0.2, 0) is 30.3 Å². The first-order valence-electron chi connectivity index (χ1n) is 12.4. The van der Waals surface area contributed by atoms with Crippen molar-refractivity contribution < 1.29 is 44.3 Å². The van der Waals surface area contributed by atoms with Gasteiger partial charge in [-0.2, -0.15) is 0 Å². The first-order valence-corrected chi connectivity index (χ1v) is 12.4. The van der Waals surface area contributed by atoms with Crippen LogP contribution >= 0.6 is 0 Å². The van der Waals surface area contributed by atoms with Crippen LogP contribution in [0.1, 0.15) is 43.9 Å². The normalized spacial score (nSPS) is 27.0. The van der Waals surface area contributed by atoms with Crippen molar-refractivity contribution in [3.8, 4) is 5.75 Å². The Balaban J connectivity index is 1.87. The Kier molecular flexibility index (Phi) is 6.73. The number of fused-ring (bicyclic) bond motifs is 3. The standard InChI is InChI=1S/C28H32N2O9/c1-27(2,3)39-17(32)9-7-12-6-8-16(31)19-14(12)10-13-11-15-21(30(4)5)23(34)20(26(29)37)25(36)28(15,38)24(35)18(13)22(19)33/h6-9,13,15,21,31,33,36,38H,10-11H2,1-5H3,(H2,29,37)/b9-7+/t13-,15-,21-,28-/m0/s1. The van der Waals surface area contributed by atoms with E-state index in [0.717, 1.165) is 0 Å². The van der Waals surface area contributed by atoms with Gasteiger partial charge in [0.2, 0.25) is 5.78 Å². The molecule has 1 fully saturated rings. The third-order valence-corrected chi connectivity index (χ3v) is 7.45. The van der Waals surface area contributed by atoms with Gasteiger partial charge in [-0.05, 0) is 76.9 Å². The number of amides is 1. The van der Waals surface area contributed by atoms with Crippen LogP contribution in [0.5, 0.6) is 5.75 Å². The van der Waals surface area contributed by atoms with Gasteiger partial charge in [-0.1, -0.05) is 6.07 Å². The Morgan fingerprint density at radius 3 is 2.36 bits per heavy atom. The van der Waals surface area contributed by atoms with Gasteiger partial charge in [0.1, 0.15) is 28.4 Å². The summed E-state index contributed by atoms with van der Waals surface area (Å²) in [5.41, 5.74) is 1.68. The number of phenols is 1. The number of Topliss-reactive ketones (excluding diaryl/α,β-unsaturated/α-hetero) is 2. The zero-order valence-corrected chi connectivity index (χ0v) is 22.3. The van der Waals surface area contributed by atoms with Gasteiger partial charge in [0.05, 0.1) is 11.6 Å². The number of hydrogen-bond donors (Lipinski definition) is 5. The molecular formula is C28H32N2O9. The van der Waals surface area contributed by atoms with Crippen LogP contribution in [0.2, 0.25) is 0 Å². The number of ether oxygens (including phenoxy) is 1. The molecule has 6 N–H and O–H groups in total. The topological polar surface area (TPSA) is 188 Å². The SMILES string of the molecule is CN(C)[C@@H]1C(=O)C(C(N)=O)=C(O)[C@@]2(O)C(=O)C3=C(O)c4c(O)ccc(/C=C/C(=O)OC(C)(C)C)c4C[C@H]3C[C@@H]12. The zero-order valence-electron chi connectivity index (χ0n) is 22.3. The Hall–Kier alpha value is -3.96. The van der Waals surface area contributed by atoms with Gasteiger partial charge in [0.25, 0.3) is 5.91 Å². The maximum Gasteiger partial charge on any atom is 0.331 e. The molecular weight excluding hydrogens is 508 g/mol. The van der Waals surface area contributed by atoms with Gasteiger partial charge < -0.3 is 30.9 Å². The molecule has 0 radical (unpaired) electrons. The van der Waals surface area contributed by atoms with E-state index in [1.54, 1.807) is 26.8 Å². The summed E-state index contributed by atoms with van der Waals surface area (Å²) in [7, 11) is 3.07. The van der Waals surface area contributed by atoms with Gasteiger partial charge in [0, 0.05) is 17.6 Å². The molecule has 0 spiro atoms. The summed E-state index contributed by atoms with van der Waals surface area (Å²) in [5, 5.41) is 44.4. The van der Waals surface area contributed by atoms with Gasteiger partial charge in [0.15, 0.2) is 11.4 Å². The molecule has 1 aromatic rings. The lowest BCUT2D eigenvalue weighted by Crippen LogP contribution is -2.65. The first kappa shape index (κ1) is 28.1. The summed E-state index contributed by atoms with van der Waals surface area (Å²) < 4.78 is 5.29. The van der Waals surface area contributed by atoms with Gasteiger partial charge in [-0.25, -0.2) is 4.79 Å². The molecule has 4 rings (SSSR count). The lowest BCUT2D eigenvalue weighted by atomic mass is 9.57. The lowest BCUT2D eigenvalue weighted by molar-refractivity contribution is -0.154. The number of primary amides is 1. The fourth-order valence-corrected chi connectivity index (χ4v) is 5.92. The molecule has 0 heterocycles. The van der Waals surface area contributed by atoms with E-state index < -0.39 is 69.6 Å². The first-order chi connectivity index (χ1) is 18.0. The molecule has 3 aliphatic rings. The Morgan fingerprint density at radius 1 is 1.15 bits per heavy atom. The number of hydrogen-bond acceptors (Lipinski definition) is 10. The fourth-order valence-electron chi connectivity index (χ4n) is 5.92. The zero-order chi connectivity index (χ0) is 29.2. The van der Waals surface area contributed by atoms with Crippen molar-refractivity contribution >= 4 is 35.3 Å². The number of esters is 1. The number of likely N-dealkylation sites (N-methyl/N-ethyl adjacent to an activating group) is 1. The van der Waals surface area contributed by atoms with Crippen LogP contribution in [0.15, 0.2) is 35.1 Å². The van der Waals surface area contributed by atoms with Crippen LogP contribution < -0.4 is 5.73 Å². The van der Waals surface area contributed by atoms with Crippen molar-refractivity contribution in [2.75, 3.05) is 14.1 Å². The average molecular weight is 541 g/mol. The summed E-state index contributed by atoms with van der Waals surface area (Å²) >= 11 is 0. The number of aliphatic hydroxyl groups is 3. The number of aliphatic hydroxyl groups excluding tert-OH is 2. The number of nitrogens with zero attached hydrogens (tertiary/aromatic N) is 1. The molecule has 11 nitrogen and oxygen atoms in total. The second-order valence-electron chi connectivity index (χ2n) is 11.4. The minimum absolute atomic E-state index is 0.0311. The van der Waals surface area contributed by atoms with Crippen LogP contribution in [0.3, 0.4) is 0 Å². The van der Waals surface area contributed by atoms with Crippen molar-refractivity contribution in [1.82, 2.24) is 4.90 Å². The molecule has 4 atom stereocenters. The second kappa shape index (κ2) is 9.35. The van der Waals surface area contributed by atoms with Crippen LogP contribution in [0.25, 0.3) is 11.8 Å². The van der Waals surface area contributed by atoms with Crippen LogP contribution in [-0.4, -0.2) is 80.1 Å². The minimum atomic E-state index is -2.70. The average Bonchev–Trinajstić information content (AvgIpc) is 2.79. The van der Waals surface area contributed by atoms with Gasteiger partial charge in [-0.15, -0.1) is 0 Å². The second-order valence-corrected chi connectivity index (χ2v) is 11.4. The minimum Gasteiger partial charge on any atom is -0.508 e. The van der Waals surface area contributed by atoms with E-state index in [2.05, 4.69) is 0 Å². The predicted octanol–water partition coefficient (Wildman–Crippen LogP) is 1.32. The van der Waals surface area contributed by atoms with E-state index in [0.29, 0.717) is 11.1 Å². The molecule has 0 bridgehead atoms. The quantitative estimate of drug-likeness (QED) is 0.212. The maximum atomic E-state index is 13.8. The number of aromatic hydroxyl groups is 1. The highest BCUT2D eigenvalue weighted by atomic mass is 16.6. The number of carbonyl (C=O) groups excluding carboxylic acids is 4. The van der Waals surface area contributed by atoms with Crippen molar-refractivity contribution in [2.24, 2.45) is 17.6 Å². The number of benzene rings is 1. The fraction of sp³-hybridized carbons (Fsp3) is 0.429. The van der Waals surface area contributed by atoms with E-state index in [1.165, 1.54) is 37.2 Å². The molecule has 1 saturated carbocycles. The maximum absolute atomic E-state index is 13.8. The molecule has 1 aromatic carbocycles. The molecule has 208 valence electrons. The number of nitrogens with two attached hydrogens (primary N) is 1. The van der Waals surface area contributed by atoms with Crippen molar-refractivity contribution in [3.05, 3.63) is 51.8 Å². The molecule has 3 aliphatic carbocycles. The van der Waals surface area contributed by atoms with E-state index >= 15 is 0 Å². The third kappa shape index (κ3) is 4.41. The smallest absolute Gasteiger partial charge is 0.331 e. The number of carbonyl (C=O) groups is 4. The van der Waals surface area contributed by atoms with E-state index in [4.69, 9.17) is 10.5 Å². The highest BCUT2D eigenvalue weighted by Crippen LogP contribution is 2.53. The van der Waals surface area contributed by atoms with Crippen LogP contribution in [0.4, 0.5) is 0 Å². The number of ketones is 2. The van der Waals surface area contributed by atoms with E-state index in [9.17, 15) is 39.6 Å². The number of phenolic OH excluding ortho intramolecular Hbond substituents is 1. The molecule has 0 unspecified atom stereocenters. The third-order valence-electron chi connectivity index (χ3n) is 7.45. The van der Waals surface area contributed by atoms with Crippen molar-refractivity contribution in [2.45, 2.75) is 50.9 Å². The van der Waals surface area contributed by atoms with E-state index in [1.807, 2.05) is 0 Å². The number of rotatable bonds is 4. The molecule has 0 aromatic heterocycles.